The first kappa shape index (κ1) is 16.2. The predicted molar refractivity (Wildman–Crippen MR) is 95.9 cm³/mol. The summed E-state index contributed by atoms with van der Waals surface area (Å²) in [6.45, 7) is 7.56. The molecule has 1 aromatic rings. The van der Waals surface area contributed by atoms with Crippen molar-refractivity contribution in [3.8, 4) is 0 Å². The van der Waals surface area contributed by atoms with Crippen molar-refractivity contribution in [3.63, 3.8) is 0 Å². The Balaban J connectivity index is 1.75. The molecule has 1 saturated heterocycles. The van der Waals surface area contributed by atoms with E-state index < -0.39 is 0 Å². The molecule has 24 heavy (non-hydrogen) atoms. The summed E-state index contributed by atoms with van der Waals surface area (Å²) in [6, 6.07) is 7.36. The Morgan fingerprint density at radius 2 is 1.92 bits per heavy atom. The number of anilines is 1. The first-order chi connectivity index (χ1) is 11.7. The molecule has 0 bridgehead atoms. The van der Waals surface area contributed by atoms with Crippen molar-refractivity contribution >= 4 is 17.4 Å². The molecule has 0 atom stereocenters. The van der Waals surface area contributed by atoms with Crippen LogP contribution in [0.15, 0.2) is 60.8 Å². The summed E-state index contributed by atoms with van der Waals surface area (Å²) in [6.07, 6.45) is 9.58. The van der Waals surface area contributed by atoms with Crippen LogP contribution in [0.3, 0.4) is 0 Å². The second-order valence-electron chi connectivity index (χ2n) is 6.06. The quantitative estimate of drug-likeness (QED) is 0.631. The number of amides is 1. The average Bonchev–Trinajstić information content (AvgIpc) is 2.88. The van der Waals surface area contributed by atoms with Gasteiger partial charge < -0.3 is 9.80 Å². The van der Waals surface area contributed by atoms with Gasteiger partial charge in [-0.3, -0.25) is 9.59 Å². The van der Waals surface area contributed by atoms with Crippen molar-refractivity contribution in [2.75, 3.05) is 18.0 Å². The number of carbonyl (C=O) groups excluding carboxylic acids is 2. The van der Waals surface area contributed by atoms with Crippen LogP contribution in [0.5, 0.6) is 0 Å². The lowest BCUT2D eigenvalue weighted by Gasteiger charge is -2.38. The molecule has 0 aliphatic carbocycles. The molecule has 2 heterocycles. The maximum absolute atomic E-state index is 12.4. The Kier molecular flexibility index (Phi) is 4.65. The van der Waals surface area contributed by atoms with Crippen molar-refractivity contribution in [2.24, 2.45) is 0 Å². The van der Waals surface area contributed by atoms with E-state index in [1.54, 1.807) is 17.0 Å². The fourth-order valence-corrected chi connectivity index (χ4v) is 3.45. The first-order valence-corrected chi connectivity index (χ1v) is 8.34. The second-order valence-corrected chi connectivity index (χ2v) is 6.06. The first-order valence-electron chi connectivity index (χ1n) is 8.34. The van der Waals surface area contributed by atoms with Crippen LogP contribution in [0.2, 0.25) is 0 Å². The maximum Gasteiger partial charge on any atom is 0.299 e. The van der Waals surface area contributed by atoms with Gasteiger partial charge in [0.05, 0.1) is 11.3 Å². The third kappa shape index (κ3) is 2.80. The number of hydrogen-bond acceptors (Lipinski definition) is 3. The highest BCUT2D eigenvalue weighted by atomic mass is 16.2. The highest BCUT2D eigenvalue weighted by molar-refractivity contribution is 6.52. The number of rotatable bonds is 4. The zero-order valence-electron chi connectivity index (χ0n) is 13.9. The van der Waals surface area contributed by atoms with Gasteiger partial charge in [-0.2, -0.15) is 0 Å². The summed E-state index contributed by atoms with van der Waals surface area (Å²) < 4.78 is 0. The van der Waals surface area contributed by atoms with Crippen molar-refractivity contribution in [2.45, 2.75) is 25.8 Å². The SMILES string of the molecule is C=C/C(=C\C=C/C)N1CCC(N2C(=O)C(=O)c3ccccc32)CC1. The molecular weight excluding hydrogens is 300 g/mol. The Morgan fingerprint density at radius 1 is 1.21 bits per heavy atom. The van der Waals surface area contributed by atoms with Gasteiger partial charge in [0, 0.05) is 24.8 Å². The average molecular weight is 322 g/mol. The van der Waals surface area contributed by atoms with Crippen LogP contribution in [-0.2, 0) is 4.79 Å². The highest BCUT2D eigenvalue weighted by Gasteiger charge is 2.40. The molecule has 1 amide bonds. The molecule has 4 nitrogen and oxygen atoms in total. The minimum Gasteiger partial charge on any atom is -0.371 e. The van der Waals surface area contributed by atoms with Crippen LogP contribution in [0.4, 0.5) is 5.69 Å². The van der Waals surface area contributed by atoms with E-state index in [1.165, 1.54) is 0 Å². The fourth-order valence-electron chi connectivity index (χ4n) is 3.45. The third-order valence-electron chi connectivity index (χ3n) is 4.68. The lowest BCUT2D eigenvalue weighted by molar-refractivity contribution is -0.114. The van der Waals surface area contributed by atoms with E-state index in [0.29, 0.717) is 5.56 Å². The summed E-state index contributed by atoms with van der Waals surface area (Å²) >= 11 is 0. The van der Waals surface area contributed by atoms with Crippen molar-refractivity contribution in [1.82, 2.24) is 4.90 Å². The van der Waals surface area contributed by atoms with E-state index in [2.05, 4.69) is 11.5 Å². The van der Waals surface area contributed by atoms with Gasteiger partial charge in [0.2, 0.25) is 0 Å². The number of ketones is 1. The summed E-state index contributed by atoms with van der Waals surface area (Å²) in [7, 11) is 0. The predicted octanol–water partition coefficient (Wildman–Crippen LogP) is 3.33. The van der Waals surface area contributed by atoms with Gasteiger partial charge in [-0.1, -0.05) is 30.9 Å². The number of nitrogens with zero attached hydrogens (tertiary/aromatic N) is 2. The standard InChI is InChI=1S/C20H22N2O2/c1-3-5-8-15(4-2)21-13-11-16(12-14-21)22-18-10-7-6-9-17(18)19(23)20(22)24/h3-10,16H,2,11-14H2,1H3/b5-3-,15-8+. The molecule has 0 spiro atoms. The van der Waals surface area contributed by atoms with E-state index in [9.17, 15) is 9.59 Å². The second kappa shape index (κ2) is 6.87. The van der Waals surface area contributed by atoms with Crippen LogP contribution in [0.25, 0.3) is 0 Å². The lowest BCUT2D eigenvalue weighted by Crippen LogP contribution is -2.46. The topological polar surface area (TPSA) is 40.6 Å². The maximum atomic E-state index is 12.4. The molecule has 1 fully saturated rings. The number of fused-ring (bicyclic) bond motifs is 1. The largest absolute Gasteiger partial charge is 0.371 e. The van der Waals surface area contributed by atoms with Gasteiger partial charge in [0.1, 0.15) is 0 Å². The zero-order chi connectivity index (χ0) is 17.1. The number of piperidine rings is 1. The number of likely N-dealkylation sites (tertiary alicyclic amines) is 1. The third-order valence-corrected chi connectivity index (χ3v) is 4.68. The van der Waals surface area contributed by atoms with E-state index in [0.717, 1.165) is 37.3 Å². The van der Waals surface area contributed by atoms with Gasteiger partial charge in [0.15, 0.2) is 0 Å². The van der Waals surface area contributed by atoms with Crippen LogP contribution >= 0.6 is 0 Å². The monoisotopic (exact) mass is 322 g/mol. The normalized spacial score (nSPS) is 19.3. The molecule has 2 aliphatic rings. The minimum absolute atomic E-state index is 0.0779. The molecule has 1 aromatic carbocycles. The van der Waals surface area contributed by atoms with Gasteiger partial charge in [-0.25, -0.2) is 0 Å². The summed E-state index contributed by atoms with van der Waals surface area (Å²) in [5.74, 6) is -0.768. The number of Topliss-reactive ketones (excluding diaryl/α,β-unsaturated/α-hetero) is 1. The van der Waals surface area contributed by atoms with Crippen LogP contribution in [-0.4, -0.2) is 35.7 Å². The van der Waals surface area contributed by atoms with Crippen molar-refractivity contribution in [3.05, 3.63) is 66.4 Å². The van der Waals surface area contributed by atoms with Crippen LogP contribution < -0.4 is 4.90 Å². The number of hydrogen-bond donors (Lipinski definition) is 0. The lowest BCUT2D eigenvalue weighted by atomic mass is 10.0. The van der Waals surface area contributed by atoms with Crippen molar-refractivity contribution in [1.29, 1.82) is 0 Å². The van der Waals surface area contributed by atoms with Crippen LogP contribution in [0.1, 0.15) is 30.1 Å². The molecule has 0 N–H and O–H groups in total. The molecule has 0 unspecified atom stereocenters. The Hall–Kier alpha value is -2.62. The van der Waals surface area contributed by atoms with Gasteiger partial charge >= 0.3 is 0 Å². The van der Waals surface area contributed by atoms with E-state index >= 15 is 0 Å². The van der Waals surface area contributed by atoms with Gasteiger partial charge in [-0.05, 0) is 44.1 Å². The Morgan fingerprint density at radius 3 is 2.58 bits per heavy atom. The molecule has 0 aromatic heterocycles. The number of allylic oxidation sites excluding steroid dienone is 4. The Bertz CT molecular complexity index is 725. The van der Waals surface area contributed by atoms with Gasteiger partial charge in [0.25, 0.3) is 11.7 Å². The molecule has 0 saturated carbocycles. The van der Waals surface area contributed by atoms with E-state index in [1.807, 2.05) is 43.4 Å². The number of benzene rings is 1. The molecular formula is C20H22N2O2. The van der Waals surface area contributed by atoms with Gasteiger partial charge in [-0.15, -0.1) is 0 Å². The van der Waals surface area contributed by atoms with E-state index in [4.69, 9.17) is 0 Å². The summed E-state index contributed by atoms with van der Waals surface area (Å²) in [4.78, 5) is 28.5. The Labute approximate surface area is 142 Å². The van der Waals surface area contributed by atoms with Crippen molar-refractivity contribution < 1.29 is 9.59 Å². The molecule has 4 heteroatoms. The minimum atomic E-state index is -0.386. The molecule has 2 aliphatic heterocycles. The summed E-state index contributed by atoms with van der Waals surface area (Å²) in [5.41, 5.74) is 2.39. The number of para-hydroxylation sites is 1. The fraction of sp³-hybridized carbons (Fsp3) is 0.300. The zero-order valence-corrected chi connectivity index (χ0v) is 13.9. The summed E-state index contributed by atoms with van der Waals surface area (Å²) in [5, 5.41) is 0. The molecule has 124 valence electrons. The van der Waals surface area contributed by atoms with Crippen LogP contribution in [0, 0.1) is 0 Å². The smallest absolute Gasteiger partial charge is 0.299 e. The molecule has 0 radical (unpaired) electrons. The van der Waals surface area contributed by atoms with E-state index in [-0.39, 0.29) is 17.7 Å². The molecule has 3 rings (SSSR count). The number of carbonyl (C=O) groups is 2. The highest BCUT2D eigenvalue weighted by Crippen LogP contribution is 2.33.